The first kappa shape index (κ1) is 23.2. The van der Waals surface area contributed by atoms with Crippen LogP contribution < -0.4 is 15.4 Å². The number of nitrogens with zero attached hydrogens (tertiary/aromatic N) is 3. The van der Waals surface area contributed by atoms with Crippen molar-refractivity contribution in [2.75, 3.05) is 52.3 Å². The zero-order valence-corrected chi connectivity index (χ0v) is 20.2. The van der Waals surface area contributed by atoms with Gasteiger partial charge >= 0.3 is 0 Å². The van der Waals surface area contributed by atoms with Crippen molar-refractivity contribution in [3.05, 3.63) is 78.5 Å². The van der Waals surface area contributed by atoms with Crippen LogP contribution in [0.5, 0.6) is 5.75 Å². The average Bonchev–Trinajstić information content (AvgIpc) is 2.89. The minimum Gasteiger partial charge on any atom is -0.492 e. The minimum absolute atomic E-state index is 0.0991. The number of likely N-dealkylation sites (N-methyl/N-ethyl adjacent to an activating group) is 1. The highest BCUT2D eigenvalue weighted by Gasteiger charge is 2.15. The summed E-state index contributed by atoms with van der Waals surface area (Å²) in [6, 6.07) is 22.6. The number of morpholine rings is 1. The van der Waals surface area contributed by atoms with E-state index in [2.05, 4.69) is 50.8 Å². The van der Waals surface area contributed by atoms with Crippen molar-refractivity contribution in [1.82, 2.24) is 20.2 Å². The van der Waals surface area contributed by atoms with Gasteiger partial charge in [0.05, 0.1) is 18.2 Å². The highest BCUT2D eigenvalue weighted by molar-refractivity contribution is 5.93. The molecule has 0 spiro atoms. The van der Waals surface area contributed by atoms with Gasteiger partial charge in [-0.25, -0.2) is 9.97 Å². The Morgan fingerprint density at radius 2 is 1.89 bits per heavy atom. The maximum absolute atomic E-state index is 5.84. The molecule has 1 atom stereocenters. The molecule has 2 N–H and O–H groups in total. The number of rotatable bonds is 8. The number of hydrogen-bond donors (Lipinski definition) is 2. The fourth-order valence-corrected chi connectivity index (χ4v) is 4.12. The summed E-state index contributed by atoms with van der Waals surface area (Å²) in [4.78, 5) is 11.5. The number of benzene rings is 3. The molecule has 0 saturated carbocycles. The Morgan fingerprint density at radius 3 is 2.63 bits per heavy atom. The second-order valence-electron chi connectivity index (χ2n) is 8.92. The van der Waals surface area contributed by atoms with E-state index in [0.717, 1.165) is 59.7 Å². The maximum atomic E-state index is 5.84. The number of aromatic nitrogens is 2. The molecule has 0 radical (unpaired) electrons. The monoisotopic (exact) mass is 469 g/mol. The van der Waals surface area contributed by atoms with Crippen molar-refractivity contribution in [2.24, 2.45) is 0 Å². The maximum Gasteiger partial charge on any atom is 0.227 e. The lowest BCUT2D eigenvalue weighted by atomic mass is 10.0. The lowest BCUT2D eigenvalue weighted by Crippen LogP contribution is -2.33. The summed E-state index contributed by atoms with van der Waals surface area (Å²) < 4.78 is 11.7. The average molecular weight is 470 g/mol. The van der Waals surface area contributed by atoms with E-state index in [-0.39, 0.29) is 6.10 Å². The van der Waals surface area contributed by atoms with E-state index >= 15 is 0 Å². The minimum atomic E-state index is 0.0991. The molecule has 0 amide bonds. The van der Waals surface area contributed by atoms with Gasteiger partial charge in [0.2, 0.25) is 5.95 Å². The predicted molar refractivity (Wildman–Crippen MR) is 140 cm³/mol. The lowest BCUT2D eigenvalue weighted by molar-refractivity contribution is 0.0277. The van der Waals surface area contributed by atoms with Gasteiger partial charge in [-0.1, -0.05) is 42.5 Å². The summed E-state index contributed by atoms with van der Waals surface area (Å²) in [6.07, 6.45) is 1.96. The fourth-order valence-electron chi connectivity index (χ4n) is 4.12. The summed E-state index contributed by atoms with van der Waals surface area (Å²) in [5.41, 5.74) is 5.16. The van der Waals surface area contributed by atoms with E-state index in [1.165, 1.54) is 5.56 Å². The van der Waals surface area contributed by atoms with E-state index in [4.69, 9.17) is 14.5 Å². The zero-order chi connectivity index (χ0) is 24.0. The molecule has 1 unspecified atom stereocenters. The first-order chi connectivity index (χ1) is 17.2. The number of nitrogens with one attached hydrogen (secondary N) is 2. The number of hydrogen-bond acceptors (Lipinski definition) is 7. The third kappa shape index (κ3) is 5.77. The molecule has 5 rings (SSSR count). The van der Waals surface area contributed by atoms with E-state index in [1.807, 2.05) is 56.7 Å². The Balaban J connectivity index is 1.33. The molecule has 180 valence electrons. The molecule has 7 heteroatoms. The van der Waals surface area contributed by atoms with Crippen LogP contribution in [-0.2, 0) is 4.74 Å². The smallest absolute Gasteiger partial charge is 0.227 e. The first-order valence-electron chi connectivity index (χ1n) is 12.0. The van der Waals surface area contributed by atoms with Crippen LogP contribution in [0.1, 0.15) is 11.7 Å². The van der Waals surface area contributed by atoms with E-state index in [0.29, 0.717) is 12.6 Å². The molecule has 1 aromatic heterocycles. The molecule has 1 aliphatic heterocycles. The second kappa shape index (κ2) is 10.8. The molecular formula is C28H31N5O2. The number of anilines is 2. The number of para-hydroxylation sites is 1. The normalized spacial score (nSPS) is 15.9. The number of ether oxygens (including phenoxy) is 2. The van der Waals surface area contributed by atoms with Crippen LogP contribution in [0.25, 0.3) is 22.0 Å². The molecule has 1 aliphatic rings. The molecule has 0 aliphatic carbocycles. The predicted octanol–water partition coefficient (Wildman–Crippen LogP) is 4.64. The van der Waals surface area contributed by atoms with Gasteiger partial charge < -0.3 is 25.0 Å². The Hall–Kier alpha value is -3.52. The van der Waals surface area contributed by atoms with E-state index in [9.17, 15) is 0 Å². The lowest BCUT2D eigenvalue weighted by Gasteiger charge is -2.24. The SMILES string of the molecule is CN(C)CCOc1ccc(-c2cccc3cnc(Nc4ccc(C5CNCCO5)cc4)nc23)cc1. The van der Waals surface area contributed by atoms with Crippen LogP contribution in [0.15, 0.2) is 72.9 Å². The number of fused-ring (bicyclic) bond motifs is 1. The summed E-state index contributed by atoms with van der Waals surface area (Å²) >= 11 is 0. The quantitative estimate of drug-likeness (QED) is 0.389. The Bertz CT molecular complexity index is 1250. The Kier molecular flexibility index (Phi) is 7.18. The van der Waals surface area contributed by atoms with Crippen LogP contribution in [-0.4, -0.2) is 61.8 Å². The third-order valence-electron chi connectivity index (χ3n) is 6.05. The van der Waals surface area contributed by atoms with Gasteiger partial charge in [0, 0.05) is 42.5 Å². The molecular weight excluding hydrogens is 438 g/mol. The van der Waals surface area contributed by atoms with Crippen molar-refractivity contribution < 1.29 is 9.47 Å². The van der Waals surface area contributed by atoms with Gasteiger partial charge in [0.1, 0.15) is 12.4 Å². The Morgan fingerprint density at radius 1 is 1.06 bits per heavy atom. The largest absolute Gasteiger partial charge is 0.492 e. The van der Waals surface area contributed by atoms with E-state index < -0.39 is 0 Å². The van der Waals surface area contributed by atoms with Crippen molar-refractivity contribution in [3.8, 4) is 16.9 Å². The summed E-state index contributed by atoms with van der Waals surface area (Å²) in [6.45, 7) is 4.03. The van der Waals surface area contributed by atoms with Crippen molar-refractivity contribution in [1.29, 1.82) is 0 Å². The molecule has 35 heavy (non-hydrogen) atoms. The van der Waals surface area contributed by atoms with Gasteiger partial charge in [0.15, 0.2) is 0 Å². The van der Waals surface area contributed by atoms with Crippen molar-refractivity contribution >= 4 is 22.5 Å². The Labute approximate surface area is 206 Å². The molecule has 2 heterocycles. The van der Waals surface area contributed by atoms with Gasteiger partial charge in [-0.2, -0.15) is 0 Å². The van der Waals surface area contributed by atoms with Crippen LogP contribution in [0.4, 0.5) is 11.6 Å². The van der Waals surface area contributed by atoms with Crippen LogP contribution >= 0.6 is 0 Å². The molecule has 7 nitrogen and oxygen atoms in total. The topological polar surface area (TPSA) is 71.5 Å². The molecule has 4 aromatic rings. The molecule has 1 saturated heterocycles. The highest BCUT2D eigenvalue weighted by atomic mass is 16.5. The second-order valence-corrected chi connectivity index (χ2v) is 8.92. The van der Waals surface area contributed by atoms with Gasteiger partial charge in [-0.15, -0.1) is 0 Å². The molecule has 1 fully saturated rings. The zero-order valence-electron chi connectivity index (χ0n) is 20.2. The molecule has 3 aromatic carbocycles. The van der Waals surface area contributed by atoms with E-state index in [1.54, 1.807) is 0 Å². The van der Waals surface area contributed by atoms with Crippen molar-refractivity contribution in [2.45, 2.75) is 6.10 Å². The van der Waals surface area contributed by atoms with Crippen LogP contribution in [0.3, 0.4) is 0 Å². The first-order valence-corrected chi connectivity index (χ1v) is 12.0. The summed E-state index contributed by atoms with van der Waals surface area (Å²) in [5.74, 6) is 1.43. The van der Waals surface area contributed by atoms with Crippen LogP contribution in [0.2, 0.25) is 0 Å². The summed E-state index contributed by atoms with van der Waals surface area (Å²) in [5, 5.41) is 7.71. The standard InChI is InChI=1S/C28H31N5O2/c1-33(2)15-17-34-24-12-8-20(9-13-24)25-5-3-4-22-18-30-28(32-27(22)25)31-23-10-6-21(7-11-23)26-19-29-14-16-35-26/h3-13,18,26,29H,14-17,19H2,1-2H3,(H,30,31,32). The highest BCUT2D eigenvalue weighted by Crippen LogP contribution is 2.30. The van der Waals surface area contributed by atoms with Gasteiger partial charge in [-0.3, -0.25) is 0 Å². The van der Waals surface area contributed by atoms with Gasteiger partial charge in [0.25, 0.3) is 0 Å². The fraction of sp³-hybridized carbons (Fsp3) is 0.286. The molecule has 0 bridgehead atoms. The third-order valence-corrected chi connectivity index (χ3v) is 6.05. The van der Waals surface area contributed by atoms with Crippen LogP contribution in [0, 0.1) is 0 Å². The summed E-state index contributed by atoms with van der Waals surface area (Å²) in [7, 11) is 4.08. The van der Waals surface area contributed by atoms with Gasteiger partial charge in [-0.05, 0) is 49.5 Å². The van der Waals surface area contributed by atoms with Crippen molar-refractivity contribution in [3.63, 3.8) is 0 Å².